The van der Waals surface area contributed by atoms with Gasteiger partial charge < -0.3 is 15.2 Å². The number of benzene rings is 1. The molecule has 1 fully saturated rings. The average Bonchev–Trinajstić information content (AvgIpc) is 2.76. The standard InChI is InChI=1S/C12H16FNO2/c13-9-1-3-10(4-2-9)15-8-12-6-5-11(7-14)16-12/h1-4,11-12H,5-8,14H2. The van der Waals surface area contributed by atoms with Gasteiger partial charge in [-0.05, 0) is 37.1 Å². The summed E-state index contributed by atoms with van der Waals surface area (Å²) in [6.07, 6.45) is 2.25. The number of hydrogen-bond donors (Lipinski definition) is 1. The molecule has 4 heteroatoms. The van der Waals surface area contributed by atoms with E-state index in [-0.39, 0.29) is 18.0 Å². The smallest absolute Gasteiger partial charge is 0.123 e. The highest BCUT2D eigenvalue weighted by atomic mass is 19.1. The van der Waals surface area contributed by atoms with E-state index in [1.165, 1.54) is 12.1 Å². The van der Waals surface area contributed by atoms with Crippen molar-refractivity contribution in [1.29, 1.82) is 0 Å². The SMILES string of the molecule is NCC1CCC(COc2ccc(F)cc2)O1. The van der Waals surface area contributed by atoms with Crippen molar-refractivity contribution in [2.24, 2.45) is 5.73 Å². The predicted octanol–water partition coefficient (Wildman–Crippen LogP) is 1.71. The maximum Gasteiger partial charge on any atom is 0.123 e. The molecule has 0 aliphatic carbocycles. The minimum Gasteiger partial charge on any atom is -0.491 e. The molecule has 2 atom stereocenters. The fourth-order valence-corrected chi connectivity index (χ4v) is 1.80. The van der Waals surface area contributed by atoms with Crippen LogP contribution in [0.25, 0.3) is 0 Å². The molecule has 0 spiro atoms. The zero-order valence-corrected chi connectivity index (χ0v) is 9.06. The third-order valence-electron chi connectivity index (χ3n) is 2.71. The van der Waals surface area contributed by atoms with E-state index in [2.05, 4.69) is 0 Å². The third kappa shape index (κ3) is 2.93. The monoisotopic (exact) mass is 225 g/mol. The lowest BCUT2D eigenvalue weighted by Crippen LogP contribution is -2.23. The van der Waals surface area contributed by atoms with Gasteiger partial charge in [-0.15, -0.1) is 0 Å². The maximum absolute atomic E-state index is 12.6. The number of rotatable bonds is 4. The van der Waals surface area contributed by atoms with Crippen LogP contribution in [0.15, 0.2) is 24.3 Å². The van der Waals surface area contributed by atoms with Gasteiger partial charge in [0.25, 0.3) is 0 Å². The number of hydrogen-bond acceptors (Lipinski definition) is 3. The Morgan fingerprint density at radius 1 is 1.25 bits per heavy atom. The Morgan fingerprint density at radius 2 is 1.94 bits per heavy atom. The third-order valence-corrected chi connectivity index (χ3v) is 2.71. The lowest BCUT2D eigenvalue weighted by atomic mass is 10.2. The van der Waals surface area contributed by atoms with Gasteiger partial charge in [-0.25, -0.2) is 4.39 Å². The molecule has 88 valence electrons. The van der Waals surface area contributed by atoms with Crippen molar-refractivity contribution in [1.82, 2.24) is 0 Å². The molecule has 0 saturated carbocycles. The maximum atomic E-state index is 12.6. The van der Waals surface area contributed by atoms with Gasteiger partial charge in [0.15, 0.2) is 0 Å². The summed E-state index contributed by atoms with van der Waals surface area (Å²) in [5.74, 6) is 0.411. The Labute approximate surface area is 94.3 Å². The highest BCUT2D eigenvalue weighted by molar-refractivity contribution is 5.22. The summed E-state index contributed by atoms with van der Waals surface area (Å²) in [5, 5.41) is 0. The van der Waals surface area contributed by atoms with Crippen LogP contribution in [0, 0.1) is 5.82 Å². The number of halogens is 1. The normalized spacial score (nSPS) is 24.6. The molecule has 2 rings (SSSR count). The van der Waals surface area contributed by atoms with E-state index < -0.39 is 0 Å². The topological polar surface area (TPSA) is 44.5 Å². The molecule has 1 aliphatic heterocycles. The molecule has 1 saturated heterocycles. The summed E-state index contributed by atoms with van der Waals surface area (Å²) >= 11 is 0. The van der Waals surface area contributed by atoms with Gasteiger partial charge in [0.05, 0.1) is 12.2 Å². The fraction of sp³-hybridized carbons (Fsp3) is 0.500. The summed E-state index contributed by atoms with van der Waals surface area (Å²) < 4.78 is 23.8. The Balaban J connectivity index is 1.77. The van der Waals surface area contributed by atoms with Crippen molar-refractivity contribution in [3.63, 3.8) is 0 Å². The zero-order chi connectivity index (χ0) is 11.4. The van der Waals surface area contributed by atoms with Crippen LogP contribution in [0.4, 0.5) is 4.39 Å². The predicted molar refractivity (Wildman–Crippen MR) is 58.8 cm³/mol. The molecule has 0 amide bonds. The molecule has 0 aromatic heterocycles. The van der Waals surface area contributed by atoms with Crippen molar-refractivity contribution in [2.45, 2.75) is 25.0 Å². The summed E-state index contributed by atoms with van der Waals surface area (Å²) in [6.45, 7) is 1.06. The minimum absolute atomic E-state index is 0.110. The molecule has 3 nitrogen and oxygen atoms in total. The molecule has 1 aliphatic rings. The second kappa shape index (κ2) is 5.27. The first-order valence-corrected chi connectivity index (χ1v) is 5.52. The van der Waals surface area contributed by atoms with Gasteiger partial charge >= 0.3 is 0 Å². The second-order valence-electron chi connectivity index (χ2n) is 3.96. The zero-order valence-electron chi connectivity index (χ0n) is 9.06. The Bertz CT molecular complexity index is 328. The number of ether oxygens (including phenoxy) is 2. The summed E-state index contributed by atoms with van der Waals surface area (Å²) in [7, 11) is 0. The summed E-state index contributed by atoms with van der Waals surface area (Å²) in [4.78, 5) is 0. The van der Waals surface area contributed by atoms with E-state index in [0.29, 0.717) is 18.9 Å². The summed E-state index contributed by atoms with van der Waals surface area (Å²) in [6, 6.07) is 6.00. The molecule has 2 N–H and O–H groups in total. The molecule has 1 aromatic rings. The Morgan fingerprint density at radius 3 is 2.56 bits per heavy atom. The van der Waals surface area contributed by atoms with E-state index in [9.17, 15) is 4.39 Å². The Kier molecular flexibility index (Phi) is 3.74. The van der Waals surface area contributed by atoms with Gasteiger partial charge in [-0.3, -0.25) is 0 Å². The van der Waals surface area contributed by atoms with Crippen LogP contribution in [-0.2, 0) is 4.74 Å². The number of nitrogens with two attached hydrogens (primary N) is 1. The Hall–Kier alpha value is -1.13. The van der Waals surface area contributed by atoms with E-state index in [4.69, 9.17) is 15.2 Å². The first kappa shape index (κ1) is 11.4. The first-order valence-electron chi connectivity index (χ1n) is 5.52. The largest absolute Gasteiger partial charge is 0.491 e. The van der Waals surface area contributed by atoms with Crippen LogP contribution < -0.4 is 10.5 Å². The molecular formula is C12H16FNO2. The van der Waals surface area contributed by atoms with Crippen LogP contribution in [0.5, 0.6) is 5.75 Å². The highest BCUT2D eigenvalue weighted by Crippen LogP contribution is 2.20. The molecule has 2 unspecified atom stereocenters. The lowest BCUT2D eigenvalue weighted by molar-refractivity contribution is 0.0222. The van der Waals surface area contributed by atoms with E-state index >= 15 is 0 Å². The molecular weight excluding hydrogens is 209 g/mol. The van der Waals surface area contributed by atoms with Crippen LogP contribution in [0.2, 0.25) is 0 Å². The lowest BCUT2D eigenvalue weighted by Gasteiger charge is -2.13. The molecule has 0 radical (unpaired) electrons. The van der Waals surface area contributed by atoms with Crippen molar-refractivity contribution in [3.8, 4) is 5.75 Å². The van der Waals surface area contributed by atoms with E-state index in [1.807, 2.05) is 0 Å². The van der Waals surface area contributed by atoms with E-state index in [1.54, 1.807) is 12.1 Å². The quantitative estimate of drug-likeness (QED) is 0.848. The first-order chi connectivity index (χ1) is 7.78. The highest BCUT2D eigenvalue weighted by Gasteiger charge is 2.24. The van der Waals surface area contributed by atoms with Gasteiger partial charge in [0, 0.05) is 6.54 Å². The van der Waals surface area contributed by atoms with E-state index in [0.717, 1.165) is 12.8 Å². The minimum atomic E-state index is -0.257. The van der Waals surface area contributed by atoms with Crippen molar-refractivity contribution in [2.75, 3.05) is 13.2 Å². The van der Waals surface area contributed by atoms with Gasteiger partial charge in [-0.1, -0.05) is 0 Å². The molecule has 1 aromatic carbocycles. The van der Waals surface area contributed by atoms with Crippen LogP contribution in [0.1, 0.15) is 12.8 Å². The van der Waals surface area contributed by atoms with Gasteiger partial charge in [0.1, 0.15) is 18.2 Å². The average molecular weight is 225 g/mol. The van der Waals surface area contributed by atoms with Crippen LogP contribution in [-0.4, -0.2) is 25.4 Å². The fourth-order valence-electron chi connectivity index (χ4n) is 1.80. The van der Waals surface area contributed by atoms with Gasteiger partial charge in [-0.2, -0.15) is 0 Å². The van der Waals surface area contributed by atoms with Crippen molar-refractivity contribution >= 4 is 0 Å². The molecule has 16 heavy (non-hydrogen) atoms. The van der Waals surface area contributed by atoms with Gasteiger partial charge in [0.2, 0.25) is 0 Å². The van der Waals surface area contributed by atoms with Crippen LogP contribution >= 0.6 is 0 Å². The van der Waals surface area contributed by atoms with Crippen molar-refractivity contribution in [3.05, 3.63) is 30.1 Å². The molecule has 1 heterocycles. The second-order valence-corrected chi connectivity index (χ2v) is 3.96. The van der Waals surface area contributed by atoms with Crippen molar-refractivity contribution < 1.29 is 13.9 Å². The van der Waals surface area contributed by atoms with Crippen LogP contribution in [0.3, 0.4) is 0 Å². The molecule has 0 bridgehead atoms. The summed E-state index contributed by atoms with van der Waals surface area (Å²) in [5.41, 5.74) is 5.51.